The first-order valence-corrected chi connectivity index (χ1v) is 23.7. The predicted molar refractivity (Wildman–Crippen MR) is 275 cm³/mol. The van der Waals surface area contributed by atoms with Crippen LogP contribution in [0.5, 0.6) is 0 Å². The SMILES string of the molecule is [C-]#N.[C-]#N.[Co+2].c1ccc([P+](c2ccccc2)(c2ccccc2)c2ccccc2)cc1.c1ccc2c(c1)-c1nc-2nc2[n-]c(nc3nc(nc4[n-]c(n1)c1ccccc41)-c1ccccc1-3)c1ccccc21. The van der Waals surface area contributed by atoms with E-state index in [0.717, 1.165) is 43.8 Å². The third-order valence-corrected chi connectivity index (χ3v) is 16.2. The number of rotatable bonds is 4. The molecule has 0 unspecified atom stereocenters. The van der Waals surface area contributed by atoms with Crippen molar-refractivity contribution in [2.75, 3.05) is 0 Å². The average molecular weight is 963 g/mol. The van der Waals surface area contributed by atoms with Crippen LogP contribution in [0.1, 0.15) is 0 Å². The molecule has 3 aromatic heterocycles. The van der Waals surface area contributed by atoms with Gasteiger partial charge in [0.2, 0.25) is 0 Å². The number of nitrogens with zero attached hydrogens (tertiary/aromatic N) is 10. The summed E-state index contributed by atoms with van der Waals surface area (Å²) in [4.78, 5) is 39.3. The molecule has 0 saturated carbocycles. The number of benzene rings is 8. The molecule has 13 rings (SSSR count). The van der Waals surface area contributed by atoms with E-state index >= 15 is 0 Å². The Morgan fingerprint density at radius 1 is 0.271 bits per heavy atom. The quantitative estimate of drug-likeness (QED) is 0.123. The van der Waals surface area contributed by atoms with E-state index in [4.69, 9.17) is 63.5 Å². The molecule has 11 aromatic rings. The summed E-state index contributed by atoms with van der Waals surface area (Å²) in [6.45, 7) is 9.50. The van der Waals surface area contributed by atoms with Crippen molar-refractivity contribution in [3.05, 3.63) is 232 Å². The Morgan fingerprint density at radius 3 is 0.700 bits per heavy atom. The van der Waals surface area contributed by atoms with Crippen LogP contribution in [0.2, 0.25) is 0 Å². The number of fused-ring (bicyclic) bond motifs is 20. The summed E-state index contributed by atoms with van der Waals surface area (Å²) in [5.41, 5.74) is 5.78. The zero-order valence-corrected chi connectivity index (χ0v) is 39.0. The molecule has 12 heteroatoms. The van der Waals surface area contributed by atoms with Gasteiger partial charge in [0.05, 0.1) is 23.3 Å². The normalized spacial score (nSPS) is 10.9. The molecule has 0 N–H and O–H groups in total. The van der Waals surface area contributed by atoms with Crippen molar-refractivity contribution in [2.24, 2.45) is 0 Å². The molecule has 8 aromatic carbocycles. The van der Waals surface area contributed by atoms with Crippen LogP contribution in [0.3, 0.4) is 0 Å². The van der Waals surface area contributed by atoms with Gasteiger partial charge in [-0.1, -0.05) is 170 Å². The van der Waals surface area contributed by atoms with E-state index < -0.39 is 7.26 Å². The first-order valence-electron chi connectivity index (χ1n) is 21.9. The number of hydrogen-bond acceptors (Lipinski definition) is 8. The van der Waals surface area contributed by atoms with Crippen LogP contribution in [0.25, 0.3) is 89.7 Å². The molecular formula is C58H36CoN10P-. The van der Waals surface area contributed by atoms with Gasteiger partial charge in [0.15, 0.2) is 0 Å². The second kappa shape index (κ2) is 20.5. The first kappa shape index (κ1) is 46.2. The van der Waals surface area contributed by atoms with Crippen LogP contribution >= 0.6 is 7.26 Å². The molecule has 0 saturated heterocycles. The van der Waals surface area contributed by atoms with Crippen LogP contribution in [-0.2, 0) is 16.8 Å². The van der Waals surface area contributed by atoms with Crippen LogP contribution < -0.4 is 31.2 Å². The van der Waals surface area contributed by atoms with Crippen molar-refractivity contribution >= 4 is 72.6 Å². The van der Waals surface area contributed by atoms with E-state index in [9.17, 15) is 0 Å². The summed E-state index contributed by atoms with van der Waals surface area (Å²) in [6, 6.07) is 75.7. The van der Waals surface area contributed by atoms with Gasteiger partial charge in [0.1, 0.15) is 28.5 Å². The molecular weight excluding hydrogens is 927 g/mol. The van der Waals surface area contributed by atoms with Gasteiger partial charge in [-0.3, -0.25) is 0 Å². The molecule has 2 aliphatic heterocycles. The molecule has 0 fully saturated rings. The Labute approximate surface area is 414 Å². The van der Waals surface area contributed by atoms with E-state index in [2.05, 4.69) is 121 Å². The molecule has 0 aliphatic carbocycles. The van der Waals surface area contributed by atoms with Gasteiger partial charge in [-0.05, 0) is 70.1 Å². The summed E-state index contributed by atoms with van der Waals surface area (Å²) in [5, 5.41) is 21.6. The zero-order chi connectivity index (χ0) is 47.2. The Hall–Kier alpha value is -8.96. The van der Waals surface area contributed by atoms with E-state index in [0.29, 0.717) is 45.9 Å². The van der Waals surface area contributed by atoms with E-state index in [1.54, 1.807) is 0 Å². The fourth-order valence-electron chi connectivity index (χ4n) is 8.96. The predicted octanol–water partition coefficient (Wildman–Crippen LogP) is 10.6. The Bertz CT molecular complexity index is 3350. The van der Waals surface area contributed by atoms with Crippen molar-refractivity contribution in [3.8, 4) is 45.6 Å². The second-order valence-corrected chi connectivity index (χ2v) is 19.1. The van der Waals surface area contributed by atoms with Gasteiger partial charge in [0.25, 0.3) is 0 Å². The van der Waals surface area contributed by atoms with Gasteiger partial charge in [-0.2, -0.15) is 0 Å². The van der Waals surface area contributed by atoms with Crippen molar-refractivity contribution in [1.29, 1.82) is 10.5 Å². The summed E-state index contributed by atoms with van der Waals surface area (Å²) in [7, 11) is -1.91. The summed E-state index contributed by atoms with van der Waals surface area (Å²) in [6.07, 6.45) is 0. The van der Waals surface area contributed by atoms with Crippen molar-refractivity contribution in [2.45, 2.75) is 0 Å². The maximum Gasteiger partial charge on any atom is 2.00 e. The zero-order valence-electron chi connectivity index (χ0n) is 37.0. The Balaban J connectivity index is 0.000000176. The molecule has 2 aliphatic rings. The molecule has 70 heavy (non-hydrogen) atoms. The molecule has 0 amide bonds. The van der Waals surface area contributed by atoms with Crippen LogP contribution in [0, 0.1) is 23.7 Å². The van der Waals surface area contributed by atoms with Crippen molar-refractivity contribution in [3.63, 3.8) is 0 Å². The third kappa shape index (κ3) is 8.27. The largest absolute Gasteiger partial charge is 2.00 e. The fraction of sp³-hybridized carbons (Fsp3) is 0. The molecule has 0 atom stereocenters. The maximum absolute atomic E-state index is 6.25. The van der Waals surface area contributed by atoms with Gasteiger partial charge in [0, 0.05) is 44.8 Å². The van der Waals surface area contributed by atoms with Gasteiger partial charge < -0.3 is 53.6 Å². The minimum absolute atomic E-state index is 0. The van der Waals surface area contributed by atoms with Crippen molar-refractivity contribution < 1.29 is 16.8 Å². The molecule has 10 nitrogen and oxygen atoms in total. The van der Waals surface area contributed by atoms with Gasteiger partial charge in [-0.25, -0.2) is 9.97 Å². The minimum atomic E-state index is -1.91. The molecule has 0 spiro atoms. The Kier molecular flexibility index (Phi) is 13.5. The molecule has 8 bridgehead atoms. The average Bonchev–Trinajstić information content (AvgIpc) is 4.18. The maximum atomic E-state index is 6.25. The van der Waals surface area contributed by atoms with Gasteiger partial charge in [-0.15, -0.1) is 0 Å². The summed E-state index contributed by atoms with van der Waals surface area (Å²) < 4.78 is 0. The van der Waals surface area contributed by atoms with E-state index in [-0.39, 0.29) is 16.8 Å². The summed E-state index contributed by atoms with van der Waals surface area (Å²) >= 11 is 0. The van der Waals surface area contributed by atoms with Gasteiger partial charge >= 0.3 is 16.8 Å². The van der Waals surface area contributed by atoms with Crippen LogP contribution in [0.4, 0.5) is 0 Å². The number of aromatic nitrogens is 8. The molecule has 333 valence electrons. The Morgan fingerprint density at radius 2 is 0.471 bits per heavy atom. The van der Waals surface area contributed by atoms with Crippen LogP contribution in [-0.4, -0.2) is 29.9 Å². The standard InChI is InChI=1S/C32H16N8.C24H20P.2CN.Co/c1-2-10-18-17(9-1)25-33-26(18)38-28-21-13-5-6-14-22(21)30(35-28)40-32-24-16-8-7-15-23(24)31(36-32)39-29-20-12-4-3-11-19(20)27(34-29)37-25;1-5-13-21(14-6-1)25(22-15-7-2-8-16-22,23-17-9-3-10-18-23)24-19-11-4-12-20-24;2*1-2;/h1-16H;1-20H;;;/q-2;+1;2*-1;+2. The minimum Gasteiger partial charge on any atom is -0.512 e. The van der Waals surface area contributed by atoms with Crippen molar-refractivity contribution in [1.82, 2.24) is 39.9 Å². The fourth-order valence-corrected chi connectivity index (χ4v) is 13.2. The number of hydrogen-bond donors (Lipinski definition) is 0. The first-order chi connectivity index (χ1) is 34.2. The monoisotopic (exact) mass is 962 g/mol. The third-order valence-electron chi connectivity index (χ3n) is 11.9. The van der Waals surface area contributed by atoms with E-state index in [1.807, 2.05) is 97.1 Å². The molecule has 5 heterocycles. The second-order valence-electron chi connectivity index (χ2n) is 15.7. The van der Waals surface area contributed by atoms with E-state index in [1.165, 1.54) is 21.2 Å². The molecule has 1 radical (unpaired) electrons. The van der Waals surface area contributed by atoms with Crippen LogP contribution in [0.15, 0.2) is 218 Å². The summed E-state index contributed by atoms with van der Waals surface area (Å²) in [5.74, 6) is 2.21. The smallest absolute Gasteiger partial charge is 0.512 e. The topological polar surface area (TPSA) is 153 Å².